The number of benzene rings is 2. The lowest BCUT2D eigenvalue weighted by Crippen LogP contribution is -2.46. The van der Waals surface area contributed by atoms with Crippen LogP contribution in [0, 0.1) is 5.92 Å². The van der Waals surface area contributed by atoms with Gasteiger partial charge in [-0.1, -0.05) is 76.3 Å². The van der Waals surface area contributed by atoms with Crippen LogP contribution in [0.4, 0.5) is 10.4 Å². The fraction of sp³-hybridized carbons (Fsp3) is 0.545. The summed E-state index contributed by atoms with van der Waals surface area (Å²) in [6.07, 6.45) is 22.9. The molecule has 12 nitrogen and oxygen atoms in total. The van der Waals surface area contributed by atoms with Crippen molar-refractivity contribution in [1.29, 1.82) is 0 Å². The zero-order chi connectivity index (χ0) is 47.7. The third-order valence-corrected chi connectivity index (χ3v) is 14.1. The van der Waals surface area contributed by atoms with E-state index in [-0.39, 0.29) is 0 Å². The molecule has 5 heterocycles. The number of carbonyl (C=O) groups is 2. The molecule has 1 saturated heterocycles. The van der Waals surface area contributed by atoms with E-state index in [4.69, 9.17) is 14.7 Å². The number of fused-ring (bicyclic) bond motifs is 4. The Balaban J connectivity index is 0.00000165. The zero-order valence-corrected chi connectivity index (χ0v) is 41.3. The standard InChI is InChI=1S/C53H70N8O3.C2H6FN/c1-3-40(4-2)35-55-53-56-36-48-49(38-60(52(48)57-53)44-15-7-5-8-16-44)43-22-19-42(20-23-43)37-59-29-27-58(28-30-59)26-9-6-10-32-64-33-13-14-41-21-24-50-47(34-41)46-18-11-25-54-51(46)61(50)45(39-63)17-12-31-62;1-4(2)3/h11,18-25,31,34,36,38-40,44-45H,3-10,12-17,26-30,32-33,35,37H2,1-2H3,(H,55,56,57);1-2H3. The van der Waals surface area contributed by atoms with E-state index < -0.39 is 6.04 Å². The van der Waals surface area contributed by atoms with Crippen molar-refractivity contribution in [2.45, 2.75) is 122 Å². The first-order valence-corrected chi connectivity index (χ1v) is 25.6. The van der Waals surface area contributed by atoms with Crippen LogP contribution in [0.25, 0.3) is 44.1 Å². The number of nitrogens with one attached hydrogen (secondary N) is 1. The number of rotatable bonds is 24. The van der Waals surface area contributed by atoms with Gasteiger partial charge < -0.3 is 33.7 Å². The summed E-state index contributed by atoms with van der Waals surface area (Å²) >= 11 is 0. The van der Waals surface area contributed by atoms with E-state index in [1.54, 1.807) is 6.20 Å². The fourth-order valence-electron chi connectivity index (χ4n) is 10.1. The molecule has 1 atom stereocenters. The van der Waals surface area contributed by atoms with Gasteiger partial charge in [-0.2, -0.15) is 10.1 Å². The van der Waals surface area contributed by atoms with Crippen molar-refractivity contribution in [1.82, 2.24) is 39.0 Å². The van der Waals surface area contributed by atoms with E-state index in [1.165, 1.54) is 81.3 Å². The van der Waals surface area contributed by atoms with E-state index >= 15 is 0 Å². The molecule has 1 N–H and O–H groups in total. The molecule has 0 radical (unpaired) electrons. The molecular weight excluding hydrogens is 854 g/mol. The highest BCUT2D eigenvalue weighted by Gasteiger charge is 2.23. The Morgan fingerprint density at radius 2 is 1.57 bits per heavy atom. The lowest BCUT2D eigenvalue weighted by Gasteiger charge is -2.34. The smallest absolute Gasteiger partial charge is 0.224 e. The Kier molecular flexibility index (Phi) is 19.5. The molecule has 2 aliphatic rings. The number of carbonyl (C=O) groups excluding carboxylic acids is 2. The van der Waals surface area contributed by atoms with Gasteiger partial charge in [-0.05, 0) is 105 Å². The quantitative estimate of drug-likeness (QED) is 0.0357. The lowest BCUT2D eigenvalue weighted by molar-refractivity contribution is -0.111. The molecule has 0 amide bonds. The summed E-state index contributed by atoms with van der Waals surface area (Å²) in [5.41, 5.74) is 7.95. The second-order valence-electron chi connectivity index (χ2n) is 19.2. The minimum atomic E-state index is -0.415. The van der Waals surface area contributed by atoms with Gasteiger partial charge in [0.25, 0.3) is 0 Å². The number of aromatic nitrogens is 5. The minimum Gasteiger partial charge on any atom is -0.381 e. The average Bonchev–Trinajstić information content (AvgIpc) is 3.90. The number of nitrogens with zero attached hydrogens (tertiary/aromatic N) is 8. The molecule has 6 aromatic rings. The van der Waals surface area contributed by atoms with Gasteiger partial charge in [-0.25, -0.2) is 9.97 Å². The number of halogens is 1. The predicted molar refractivity (Wildman–Crippen MR) is 275 cm³/mol. The van der Waals surface area contributed by atoms with E-state index in [9.17, 15) is 14.1 Å². The van der Waals surface area contributed by atoms with Gasteiger partial charge >= 0.3 is 0 Å². The van der Waals surface area contributed by atoms with Crippen molar-refractivity contribution in [3.8, 4) is 11.1 Å². The molecule has 68 heavy (non-hydrogen) atoms. The monoisotopic (exact) mass is 930 g/mol. The molecule has 1 aliphatic heterocycles. The van der Waals surface area contributed by atoms with E-state index in [0.717, 1.165) is 143 Å². The number of aryl methyl sites for hydroxylation is 1. The molecule has 0 bridgehead atoms. The van der Waals surface area contributed by atoms with Gasteiger partial charge in [-0.3, -0.25) is 4.90 Å². The van der Waals surface area contributed by atoms with Crippen LogP contribution in [0.15, 0.2) is 73.2 Å². The highest BCUT2D eigenvalue weighted by Crippen LogP contribution is 2.37. The first-order chi connectivity index (χ1) is 33.3. The normalized spacial score (nSPS) is 15.6. The number of pyridine rings is 1. The maximum atomic E-state index is 12.0. The van der Waals surface area contributed by atoms with Crippen molar-refractivity contribution in [3.63, 3.8) is 0 Å². The number of hydrogen-bond acceptors (Lipinski definition) is 10. The molecule has 0 spiro atoms. The Bertz CT molecular complexity index is 2470. The summed E-state index contributed by atoms with van der Waals surface area (Å²) in [6.45, 7) is 13.6. The predicted octanol–water partition coefficient (Wildman–Crippen LogP) is 11.0. The minimum absolute atomic E-state index is 0.343. The van der Waals surface area contributed by atoms with Crippen LogP contribution >= 0.6 is 0 Å². The number of aldehydes is 2. The Hall–Kier alpha value is -5.08. The van der Waals surface area contributed by atoms with Crippen molar-refractivity contribution in [3.05, 3.63) is 84.3 Å². The number of anilines is 1. The second kappa shape index (κ2) is 26.1. The Labute approximate surface area is 403 Å². The summed E-state index contributed by atoms with van der Waals surface area (Å²) in [5, 5.41) is 7.33. The van der Waals surface area contributed by atoms with Crippen molar-refractivity contribution in [2.75, 3.05) is 71.9 Å². The first kappa shape index (κ1) is 50.8. The molecular formula is C55H76FN9O3. The fourth-order valence-corrected chi connectivity index (χ4v) is 10.1. The van der Waals surface area contributed by atoms with E-state index in [0.29, 0.717) is 29.9 Å². The summed E-state index contributed by atoms with van der Waals surface area (Å²) in [7, 11) is 2.67. The lowest BCUT2D eigenvalue weighted by atomic mass is 9.95. The van der Waals surface area contributed by atoms with Crippen LogP contribution in [0.2, 0.25) is 0 Å². The van der Waals surface area contributed by atoms with Crippen LogP contribution in [0.5, 0.6) is 0 Å². The van der Waals surface area contributed by atoms with E-state index in [1.807, 2.05) is 16.8 Å². The summed E-state index contributed by atoms with van der Waals surface area (Å²) < 4.78 is 21.3. The largest absolute Gasteiger partial charge is 0.381 e. The van der Waals surface area contributed by atoms with Crippen LogP contribution in [0.1, 0.15) is 121 Å². The molecule has 4 aromatic heterocycles. The van der Waals surface area contributed by atoms with Crippen LogP contribution in [-0.2, 0) is 27.3 Å². The van der Waals surface area contributed by atoms with Gasteiger partial charge in [0.15, 0.2) is 0 Å². The van der Waals surface area contributed by atoms with Gasteiger partial charge in [0.05, 0.1) is 11.6 Å². The molecule has 8 rings (SSSR count). The number of hydrogen-bond donors (Lipinski definition) is 1. The number of unbranched alkanes of at least 4 members (excludes halogenated alkanes) is 2. The van der Waals surface area contributed by atoms with Gasteiger partial charge in [-0.15, -0.1) is 4.48 Å². The average molecular weight is 930 g/mol. The van der Waals surface area contributed by atoms with Crippen molar-refractivity contribution in [2.24, 2.45) is 5.92 Å². The summed E-state index contributed by atoms with van der Waals surface area (Å²) in [4.78, 5) is 42.8. The Morgan fingerprint density at radius 1 is 0.838 bits per heavy atom. The molecule has 2 fully saturated rings. The molecule has 1 saturated carbocycles. The zero-order valence-electron chi connectivity index (χ0n) is 41.3. The number of piperazine rings is 1. The van der Waals surface area contributed by atoms with Gasteiger partial charge in [0.2, 0.25) is 5.95 Å². The SMILES string of the molecule is CCC(CC)CNc1ncc2c(-c3ccc(CN4CCN(CCCCCOCCCc5ccc6c(c5)c5cccnc5n6C(C=O)CCC=O)CC4)cc3)cn(C3CCCCC3)c2n1.CN(C)F. The highest BCUT2D eigenvalue weighted by atomic mass is 19.2. The van der Waals surface area contributed by atoms with E-state index in [2.05, 4.69) is 93.2 Å². The molecule has 2 aromatic carbocycles. The summed E-state index contributed by atoms with van der Waals surface area (Å²) in [6, 6.07) is 19.8. The molecule has 1 aliphatic carbocycles. The van der Waals surface area contributed by atoms with Crippen LogP contribution in [0.3, 0.4) is 0 Å². The Morgan fingerprint density at radius 3 is 2.31 bits per heavy atom. The molecule has 366 valence electrons. The van der Waals surface area contributed by atoms with Crippen LogP contribution in [-0.4, -0.2) is 118 Å². The topological polar surface area (TPSA) is 114 Å². The summed E-state index contributed by atoms with van der Waals surface area (Å²) in [5.74, 6) is 1.39. The maximum Gasteiger partial charge on any atom is 0.224 e. The maximum absolute atomic E-state index is 12.0. The van der Waals surface area contributed by atoms with Gasteiger partial charge in [0, 0.05) is 119 Å². The first-order valence-electron chi connectivity index (χ1n) is 25.6. The van der Waals surface area contributed by atoms with Gasteiger partial charge in [0.1, 0.15) is 23.9 Å². The van der Waals surface area contributed by atoms with Crippen molar-refractivity contribution >= 4 is 51.5 Å². The van der Waals surface area contributed by atoms with Crippen molar-refractivity contribution < 1.29 is 18.8 Å². The van der Waals surface area contributed by atoms with Crippen LogP contribution < -0.4 is 5.32 Å². The highest BCUT2D eigenvalue weighted by molar-refractivity contribution is 6.07. The third kappa shape index (κ3) is 13.6. The number of ether oxygens (including phenoxy) is 1. The third-order valence-electron chi connectivity index (χ3n) is 14.1. The molecule has 13 heteroatoms. The molecule has 1 unspecified atom stereocenters. The second-order valence-corrected chi connectivity index (χ2v) is 19.2.